The maximum Gasteiger partial charge on any atom is 0.266 e. The summed E-state index contributed by atoms with van der Waals surface area (Å²) in [6.07, 6.45) is 1.05. The highest BCUT2D eigenvalue weighted by Crippen LogP contribution is 2.22. The van der Waals surface area contributed by atoms with Crippen LogP contribution in [0.15, 0.2) is 4.52 Å². The number of hydrogen-bond acceptors (Lipinski definition) is 6. The molecule has 1 saturated heterocycles. The molecule has 6 heteroatoms. The van der Waals surface area contributed by atoms with Crippen LogP contribution in [-0.2, 0) is 4.74 Å². The van der Waals surface area contributed by atoms with Gasteiger partial charge < -0.3 is 19.5 Å². The van der Waals surface area contributed by atoms with Gasteiger partial charge in [0, 0.05) is 19.1 Å². The highest BCUT2D eigenvalue weighted by Gasteiger charge is 2.24. The van der Waals surface area contributed by atoms with E-state index in [0.29, 0.717) is 17.9 Å². The van der Waals surface area contributed by atoms with Gasteiger partial charge in [-0.2, -0.15) is 4.98 Å². The summed E-state index contributed by atoms with van der Waals surface area (Å²) in [5.41, 5.74) is 0. The highest BCUT2D eigenvalue weighted by molar-refractivity contribution is 5.28. The molecule has 2 heterocycles. The zero-order valence-electron chi connectivity index (χ0n) is 12.1. The first-order valence-corrected chi connectivity index (χ1v) is 7.15. The zero-order valence-corrected chi connectivity index (χ0v) is 12.1. The van der Waals surface area contributed by atoms with Crippen molar-refractivity contribution < 1.29 is 9.26 Å². The minimum Gasteiger partial charge on any atom is -0.378 e. The molecule has 1 N–H and O–H groups in total. The molecule has 2 unspecified atom stereocenters. The lowest BCUT2D eigenvalue weighted by molar-refractivity contribution is 0.121. The number of hydrogen-bond donors (Lipinski definition) is 1. The molecule has 1 aliphatic heterocycles. The molecule has 19 heavy (non-hydrogen) atoms. The maximum absolute atomic E-state index is 5.43. The summed E-state index contributed by atoms with van der Waals surface area (Å²) in [5.74, 6) is 1.64. The molecule has 2 rings (SSSR count). The lowest BCUT2D eigenvalue weighted by atomic mass is 9.99. The number of likely N-dealkylation sites (N-methyl/N-ethyl adjacent to an activating group) is 1. The van der Waals surface area contributed by atoms with E-state index in [-0.39, 0.29) is 5.92 Å². The molecular formula is C13H24N4O2. The van der Waals surface area contributed by atoms with E-state index in [1.54, 1.807) is 0 Å². The molecule has 1 aromatic rings. The van der Waals surface area contributed by atoms with Crippen molar-refractivity contribution in [2.24, 2.45) is 0 Å². The molecule has 0 spiro atoms. The van der Waals surface area contributed by atoms with E-state index in [1.807, 2.05) is 0 Å². The van der Waals surface area contributed by atoms with E-state index in [4.69, 9.17) is 9.26 Å². The van der Waals surface area contributed by atoms with Crippen molar-refractivity contribution in [2.75, 3.05) is 37.7 Å². The van der Waals surface area contributed by atoms with Gasteiger partial charge in [0.2, 0.25) is 5.89 Å². The Bertz CT molecular complexity index is 376. The first-order chi connectivity index (χ1) is 9.26. The Morgan fingerprint density at radius 3 is 2.68 bits per heavy atom. The Kier molecular flexibility index (Phi) is 5.15. The fourth-order valence-corrected chi connectivity index (χ4v) is 2.41. The Labute approximate surface area is 114 Å². The predicted octanol–water partition coefficient (Wildman–Crippen LogP) is 1.40. The fraction of sp³-hybridized carbons (Fsp3) is 0.846. The number of morpholine rings is 1. The molecule has 1 fully saturated rings. The fourth-order valence-electron chi connectivity index (χ4n) is 2.41. The van der Waals surface area contributed by atoms with Crippen molar-refractivity contribution in [3.63, 3.8) is 0 Å². The van der Waals surface area contributed by atoms with Crippen LogP contribution in [-0.4, -0.2) is 49.0 Å². The second kappa shape index (κ2) is 6.86. The molecule has 1 aromatic heterocycles. The quantitative estimate of drug-likeness (QED) is 0.841. The molecule has 1 aliphatic rings. The van der Waals surface area contributed by atoms with Crippen LogP contribution in [0, 0.1) is 0 Å². The van der Waals surface area contributed by atoms with Crippen molar-refractivity contribution in [2.45, 2.75) is 39.2 Å². The van der Waals surface area contributed by atoms with Crippen molar-refractivity contribution in [3.8, 4) is 0 Å². The van der Waals surface area contributed by atoms with Gasteiger partial charge >= 0.3 is 0 Å². The smallest absolute Gasteiger partial charge is 0.266 e. The van der Waals surface area contributed by atoms with Gasteiger partial charge in [-0.15, -0.1) is 0 Å². The minimum absolute atomic E-state index is 0.229. The summed E-state index contributed by atoms with van der Waals surface area (Å²) in [5, 5.41) is 7.55. The largest absolute Gasteiger partial charge is 0.378 e. The number of anilines is 1. The molecule has 0 aromatic carbocycles. The van der Waals surface area contributed by atoms with Crippen LogP contribution in [0.4, 0.5) is 5.95 Å². The Morgan fingerprint density at radius 1 is 1.32 bits per heavy atom. The molecule has 0 aliphatic carbocycles. The van der Waals surface area contributed by atoms with Crippen LogP contribution in [0.1, 0.15) is 39.0 Å². The first kappa shape index (κ1) is 14.3. The number of rotatable bonds is 6. The number of nitrogens with zero attached hydrogens (tertiary/aromatic N) is 3. The van der Waals surface area contributed by atoms with E-state index in [2.05, 4.69) is 41.1 Å². The lowest BCUT2D eigenvalue weighted by Crippen LogP contribution is -2.37. The molecule has 0 radical (unpaired) electrons. The van der Waals surface area contributed by atoms with Crippen LogP contribution >= 0.6 is 0 Å². The summed E-state index contributed by atoms with van der Waals surface area (Å²) in [7, 11) is 0. The number of aromatic nitrogens is 2. The average Bonchev–Trinajstić information content (AvgIpc) is 2.95. The van der Waals surface area contributed by atoms with Crippen LogP contribution in [0.2, 0.25) is 0 Å². The van der Waals surface area contributed by atoms with Gasteiger partial charge in [0.1, 0.15) is 0 Å². The van der Waals surface area contributed by atoms with Gasteiger partial charge in [-0.3, -0.25) is 0 Å². The van der Waals surface area contributed by atoms with E-state index < -0.39 is 0 Å². The second-order valence-electron chi connectivity index (χ2n) is 4.89. The summed E-state index contributed by atoms with van der Waals surface area (Å²) in [4.78, 5) is 6.65. The molecule has 2 atom stereocenters. The Hall–Kier alpha value is -1.14. The summed E-state index contributed by atoms with van der Waals surface area (Å²) < 4.78 is 10.8. The first-order valence-electron chi connectivity index (χ1n) is 7.15. The van der Waals surface area contributed by atoms with Crippen LogP contribution < -0.4 is 10.2 Å². The summed E-state index contributed by atoms with van der Waals surface area (Å²) in [6.45, 7) is 10.5. The third-order valence-corrected chi connectivity index (χ3v) is 3.62. The number of nitrogens with one attached hydrogen (secondary N) is 1. The predicted molar refractivity (Wildman–Crippen MR) is 73.5 cm³/mol. The average molecular weight is 268 g/mol. The van der Waals surface area contributed by atoms with Gasteiger partial charge in [-0.25, -0.2) is 0 Å². The molecule has 0 saturated carbocycles. The van der Waals surface area contributed by atoms with Crippen LogP contribution in [0.25, 0.3) is 0 Å². The molecule has 6 nitrogen and oxygen atoms in total. The van der Waals surface area contributed by atoms with Gasteiger partial charge in [0.05, 0.1) is 19.1 Å². The normalized spacial score (nSPS) is 19.4. The minimum atomic E-state index is 0.229. The van der Waals surface area contributed by atoms with Crippen molar-refractivity contribution >= 4 is 5.95 Å². The van der Waals surface area contributed by atoms with Crippen LogP contribution in [0.3, 0.4) is 0 Å². The SMILES string of the molecule is CCNC(CC)C(C)c1nc(N2CCOCC2)no1. The molecule has 0 amide bonds. The Balaban J connectivity index is 2.02. The van der Waals surface area contributed by atoms with Gasteiger partial charge in [-0.1, -0.05) is 20.8 Å². The standard InChI is InChI=1S/C13H24N4O2/c1-4-11(14-5-2)10(3)12-15-13(16-19-12)17-6-8-18-9-7-17/h10-11,14H,4-9H2,1-3H3. The number of ether oxygens (including phenoxy) is 1. The van der Waals surface area contributed by atoms with Gasteiger partial charge in [0.25, 0.3) is 5.95 Å². The van der Waals surface area contributed by atoms with E-state index in [1.165, 1.54) is 0 Å². The van der Waals surface area contributed by atoms with Gasteiger partial charge in [-0.05, 0) is 18.1 Å². The Morgan fingerprint density at radius 2 is 2.05 bits per heavy atom. The third kappa shape index (κ3) is 3.45. The van der Waals surface area contributed by atoms with Crippen molar-refractivity contribution in [3.05, 3.63) is 5.89 Å². The van der Waals surface area contributed by atoms with E-state index >= 15 is 0 Å². The van der Waals surface area contributed by atoms with Crippen molar-refractivity contribution in [1.82, 2.24) is 15.5 Å². The zero-order chi connectivity index (χ0) is 13.7. The maximum atomic E-state index is 5.43. The highest BCUT2D eigenvalue weighted by atomic mass is 16.5. The molecular weight excluding hydrogens is 244 g/mol. The van der Waals surface area contributed by atoms with Crippen LogP contribution in [0.5, 0.6) is 0 Å². The van der Waals surface area contributed by atoms with E-state index in [0.717, 1.165) is 39.3 Å². The summed E-state index contributed by atoms with van der Waals surface area (Å²) >= 11 is 0. The van der Waals surface area contributed by atoms with Gasteiger partial charge in [0.15, 0.2) is 0 Å². The molecule has 0 bridgehead atoms. The topological polar surface area (TPSA) is 63.4 Å². The molecule has 108 valence electrons. The van der Waals surface area contributed by atoms with Crippen molar-refractivity contribution in [1.29, 1.82) is 0 Å². The lowest BCUT2D eigenvalue weighted by Gasteiger charge is -2.24. The van der Waals surface area contributed by atoms with E-state index in [9.17, 15) is 0 Å². The summed E-state index contributed by atoms with van der Waals surface area (Å²) in [6, 6.07) is 0.378. The monoisotopic (exact) mass is 268 g/mol. The second-order valence-corrected chi connectivity index (χ2v) is 4.89. The third-order valence-electron chi connectivity index (χ3n) is 3.62.